The van der Waals surface area contributed by atoms with Crippen LogP contribution in [0.4, 0.5) is 13.2 Å². The minimum atomic E-state index is -4.85. The highest BCUT2D eigenvalue weighted by Gasteiger charge is 2.62. The molecule has 0 spiro atoms. The van der Waals surface area contributed by atoms with Crippen molar-refractivity contribution in [2.24, 2.45) is 16.2 Å². The average molecular weight is 579 g/mol. The van der Waals surface area contributed by atoms with Crippen LogP contribution in [0.5, 0.6) is 0 Å². The van der Waals surface area contributed by atoms with Gasteiger partial charge in [-0.15, -0.1) is 0 Å². The van der Waals surface area contributed by atoms with Crippen molar-refractivity contribution >= 4 is 52.3 Å². The second-order valence-corrected chi connectivity index (χ2v) is 9.98. The van der Waals surface area contributed by atoms with Crippen molar-refractivity contribution in [1.29, 1.82) is 0 Å². The summed E-state index contributed by atoms with van der Waals surface area (Å²) in [7, 11) is 1.48. The second-order valence-electron chi connectivity index (χ2n) is 8.78. The molecule has 0 aromatic heterocycles. The van der Waals surface area contributed by atoms with Crippen LogP contribution in [-0.2, 0) is 20.0 Å². The normalized spacial score (nSPS) is 23.5. The number of rotatable bonds is 4. The van der Waals surface area contributed by atoms with Crippen LogP contribution in [0, 0.1) is 12.8 Å². The van der Waals surface area contributed by atoms with E-state index in [9.17, 15) is 18.0 Å². The van der Waals surface area contributed by atoms with Gasteiger partial charge in [0.1, 0.15) is 0 Å². The van der Waals surface area contributed by atoms with Crippen LogP contribution >= 0.6 is 34.8 Å². The molecular weight excluding hydrogens is 558 g/mol. The molecule has 13 heteroatoms. The van der Waals surface area contributed by atoms with Gasteiger partial charge in [0.2, 0.25) is 12.1 Å². The summed E-state index contributed by atoms with van der Waals surface area (Å²) in [5.74, 6) is -0.0841. The van der Waals surface area contributed by atoms with Gasteiger partial charge in [0, 0.05) is 29.9 Å². The van der Waals surface area contributed by atoms with E-state index in [2.05, 4.69) is 15.6 Å². The lowest BCUT2D eigenvalue weighted by atomic mass is 9.86. The van der Waals surface area contributed by atoms with E-state index in [1.54, 1.807) is 13.0 Å². The predicted octanol–water partition coefficient (Wildman–Crippen LogP) is 6.61. The lowest BCUT2D eigenvalue weighted by Crippen LogP contribution is -2.43. The Bertz CT molecular complexity index is 1280. The zero-order valence-electron chi connectivity index (χ0n) is 19.8. The zero-order valence-corrected chi connectivity index (χ0v) is 22.0. The Labute approximate surface area is 225 Å². The van der Waals surface area contributed by atoms with Gasteiger partial charge in [-0.25, -0.2) is 0 Å². The van der Waals surface area contributed by atoms with Crippen LogP contribution in [0.3, 0.4) is 0 Å². The molecule has 37 heavy (non-hydrogen) atoms. The van der Waals surface area contributed by atoms with Crippen molar-refractivity contribution in [1.82, 2.24) is 5.32 Å². The lowest BCUT2D eigenvalue weighted by molar-refractivity contribution is -0.275. The van der Waals surface area contributed by atoms with E-state index in [0.717, 1.165) is 12.1 Å². The van der Waals surface area contributed by atoms with Gasteiger partial charge >= 0.3 is 6.18 Å². The van der Waals surface area contributed by atoms with Crippen LogP contribution in [0.1, 0.15) is 46.8 Å². The molecule has 2 aliphatic rings. The molecule has 0 fully saturated rings. The maximum Gasteiger partial charge on any atom is 0.435 e. The van der Waals surface area contributed by atoms with Crippen molar-refractivity contribution in [2.75, 3.05) is 7.11 Å². The van der Waals surface area contributed by atoms with E-state index in [1.165, 1.54) is 19.2 Å². The summed E-state index contributed by atoms with van der Waals surface area (Å²) >= 11 is 17.9. The Kier molecular flexibility index (Phi) is 7.56. The SMILES string of the molecule is COC1=NOC(NC(=O)c2ccc(C3=NOC(c4cc(Cl)c(Cl)c(Cl)c4)(C(F)(F)F)C3)cc2C)[C@H](C)C1. The highest BCUT2D eigenvalue weighted by molar-refractivity contribution is 6.48. The third-order valence-electron chi connectivity index (χ3n) is 6.23. The van der Waals surface area contributed by atoms with Gasteiger partial charge in [-0.1, -0.05) is 52.9 Å². The summed E-state index contributed by atoms with van der Waals surface area (Å²) in [5.41, 5.74) is -1.89. The second kappa shape index (κ2) is 10.2. The number of benzene rings is 2. The molecule has 2 aliphatic heterocycles. The molecule has 2 aromatic rings. The molecule has 7 nitrogen and oxygen atoms in total. The number of aryl methyl sites for hydroxylation is 1. The molecular formula is C24H21Cl3F3N3O4. The number of ether oxygens (including phenoxy) is 1. The van der Waals surface area contributed by atoms with Crippen LogP contribution in [0.25, 0.3) is 0 Å². The molecule has 4 rings (SSSR count). The molecule has 198 valence electrons. The summed E-state index contributed by atoms with van der Waals surface area (Å²) in [6, 6.07) is 6.70. The fourth-order valence-electron chi connectivity index (χ4n) is 4.08. The first-order valence-electron chi connectivity index (χ1n) is 11.0. The maximum atomic E-state index is 14.3. The third-order valence-corrected chi connectivity index (χ3v) is 7.43. The fourth-order valence-corrected chi connectivity index (χ4v) is 4.68. The summed E-state index contributed by atoms with van der Waals surface area (Å²) in [6.07, 6.45) is -5.66. The quantitative estimate of drug-likeness (QED) is 0.414. The van der Waals surface area contributed by atoms with Gasteiger partial charge in [0.05, 0.1) is 27.9 Å². The number of nitrogens with one attached hydrogen (secondary N) is 1. The Morgan fingerprint density at radius 3 is 2.41 bits per heavy atom. The van der Waals surface area contributed by atoms with Gasteiger partial charge in [-0.05, 0) is 47.5 Å². The zero-order chi connectivity index (χ0) is 27.1. The summed E-state index contributed by atoms with van der Waals surface area (Å²) in [6.45, 7) is 3.54. The monoisotopic (exact) mass is 577 g/mol. The number of hydrogen-bond donors (Lipinski definition) is 1. The smallest absolute Gasteiger partial charge is 0.435 e. The standard InChI is InChI=1S/C24H21Cl3F3N3O4/c1-11-6-13(4-5-15(11)21(34)31-22-12(2)7-19(35-3)33-36-22)18-10-23(37-32-18,24(28,29)30)14-8-16(25)20(27)17(26)9-14/h4-6,8-9,12,22H,7,10H2,1-3H3,(H,31,34)/t12-,22?,23?/m1/s1. The average Bonchev–Trinajstić information content (AvgIpc) is 3.30. The Hall–Kier alpha value is -2.69. The molecule has 3 atom stereocenters. The molecule has 2 heterocycles. The molecule has 0 bridgehead atoms. The van der Waals surface area contributed by atoms with Crippen molar-refractivity contribution in [3.63, 3.8) is 0 Å². The maximum absolute atomic E-state index is 14.3. The molecule has 1 amide bonds. The largest absolute Gasteiger partial charge is 0.482 e. The lowest BCUT2D eigenvalue weighted by Gasteiger charge is -2.30. The molecule has 2 unspecified atom stereocenters. The molecule has 0 aliphatic carbocycles. The van der Waals surface area contributed by atoms with Crippen molar-refractivity contribution in [3.8, 4) is 0 Å². The minimum absolute atomic E-state index is 0.0419. The number of nitrogens with zero attached hydrogens (tertiary/aromatic N) is 2. The summed E-state index contributed by atoms with van der Waals surface area (Å²) in [4.78, 5) is 23.2. The number of carbonyl (C=O) groups is 1. The van der Waals surface area contributed by atoms with Crippen LogP contribution in [0.2, 0.25) is 15.1 Å². The Morgan fingerprint density at radius 1 is 1.16 bits per heavy atom. The number of hydrogen-bond acceptors (Lipinski definition) is 6. The minimum Gasteiger partial charge on any atom is -0.482 e. The highest BCUT2D eigenvalue weighted by Crippen LogP contribution is 2.50. The van der Waals surface area contributed by atoms with Crippen molar-refractivity contribution < 1.29 is 32.4 Å². The number of methoxy groups -OCH3 is 1. The van der Waals surface area contributed by atoms with Crippen molar-refractivity contribution in [3.05, 3.63) is 67.7 Å². The number of alkyl halides is 3. The van der Waals surface area contributed by atoms with E-state index in [1.807, 2.05) is 6.92 Å². The summed E-state index contributed by atoms with van der Waals surface area (Å²) in [5, 5.41) is 9.99. The molecule has 0 saturated heterocycles. The number of oxime groups is 2. The van der Waals surface area contributed by atoms with E-state index < -0.39 is 30.3 Å². The van der Waals surface area contributed by atoms with Gasteiger partial charge in [-0.2, -0.15) is 13.2 Å². The topological polar surface area (TPSA) is 81.5 Å². The number of carbonyl (C=O) groups excluding carboxylic acids is 1. The Morgan fingerprint density at radius 2 is 1.84 bits per heavy atom. The third kappa shape index (κ3) is 5.19. The number of halogens is 6. The molecule has 1 N–H and O–H groups in total. The molecule has 0 radical (unpaired) electrons. The predicted molar refractivity (Wildman–Crippen MR) is 133 cm³/mol. The number of amides is 1. The van der Waals surface area contributed by atoms with Crippen LogP contribution in [-0.4, -0.2) is 37.0 Å². The van der Waals surface area contributed by atoms with E-state index in [4.69, 9.17) is 49.2 Å². The highest BCUT2D eigenvalue weighted by atomic mass is 35.5. The fraction of sp³-hybridized carbons (Fsp3) is 0.375. The molecule has 0 saturated carbocycles. The van der Waals surface area contributed by atoms with Gasteiger partial charge in [0.15, 0.2) is 0 Å². The van der Waals surface area contributed by atoms with Gasteiger partial charge in [0.25, 0.3) is 11.5 Å². The first-order chi connectivity index (χ1) is 17.4. The first kappa shape index (κ1) is 27.3. The van der Waals surface area contributed by atoms with Crippen molar-refractivity contribution in [2.45, 2.75) is 44.7 Å². The van der Waals surface area contributed by atoms with Gasteiger partial charge < -0.3 is 19.7 Å². The van der Waals surface area contributed by atoms with Crippen LogP contribution < -0.4 is 5.32 Å². The first-order valence-corrected chi connectivity index (χ1v) is 12.1. The van der Waals surface area contributed by atoms with Gasteiger partial charge in [-0.3, -0.25) is 4.79 Å². The Balaban J connectivity index is 1.56. The summed E-state index contributed by atoms with van der Waals surface area (Å²) < 4.78 is 48.0. The molecule has 2 aromatic carbocycles. The van der Waals surface area contributed by atoms with E-state index >= 15 is 0 Å². The van der Waals surface area contributed by atoms with Crippen LogP contribution in [0.15, 0.2) is 40.6 Å². The van der Waals surface area contributed by atoms with E-state index in [-0.39, 0.29) is 32.3 Å². The van der Waals surface area contributed by atoms with E-state index in [0.29, 0.717) is 29.0 Å².